The van der Waals surface area contributed by atoms with E-state index < -0.39 is 0 Å². The van der Waals surface area contributed by atoms with E-state index in [9.17, 15) is 4.79 Å². The van der Waals surface area contributed by atoms with Gasteiger partial charge >= 0.3 is 0 Å². The van der Waals surface area contributed by atoms with Gasteiger partial charge in [0.2, 0.25) is 0 Å². The van der Waals surface area contributed by atoms with E-state index in [1.165, 1.54) is 5.57 Å². The fourth-order valence-electron chi connectivity index (χ4n) is 1.33. The third kappa shape index (κ3) is 6.56. The lowest BCUT2D eigenvalue weighted by molar-refractivity contribution is -0.108. The number of carbonyl (C=O) groups excluding carboxylic acids is 1. The van der Waals surface area contributed by atoms with E-state index in [1.54, 1.807) is 0 Å². The summed E-state index contributed by atoms with van der Waals surface area (Å²) in [5.74, 6) is 0.596. The van der Waals surface area contributed by atoms with E-state index >= 15 is 0 Å². The Morgan fingerprint density at radius 1 is 1.38 bits per heavy atom. The first-order valence-corrected chi connectivity index (χ1v) is 5.33. The predicted molar refractivity (Wildman–Crippen MR) is 57.7 cm³/mol. The predicted octanol–water partition coefficient (Wildman–Crippen LogP) is 3.74. The van der Waals surface area contributed by atoms with Crippen LogP contribution in [0.15, 0.2) is 11.6 Å². The van der Waals surface area contributed by atoms with Gasteiger partial charge in [0, 0.05) is 6.42 Å². The van der Waals surface area contributed by atoms with E-state index in [2.05, 4.69) is 26.8 Å². The van der Waals surface area contributed by atoms with Gasteiger partial charge in [-0.2, -0.15) is 0 Å². The van der Waals surface area contributed by atoms with Gasteiger partial charge in [0.15, 0.2) is 0 Å². The SMILES string of the molecule is CCC(C)=CCCC(CC)CC=O. The molecule has 13 heavy (non-hydrogen) atoms. The number of hydrogen-bond acceptors (Lipinski definition) is 1. The zero-order valence-corrected chi connectivity index (χ0v) is 9.18. The highest BCUT2D eigenvalue weighted by atomic mass is 16.1. The lowest BCUT2D eigenvalue weighted by atomic mass is 9.96. The van der Waals surface area contributed by atoms with Gasteiger partial charge in [-0.1, -0.05) is 31.9 Å². The van der Waals surface area contributed by atoms with Gasteiger partial charge < -0.3 is 4.79 Å². The molecule has 0 bridgehead atoms. The van der Waals surface area contributed by atoms with Crippen LogP contribution in [0.2, 0.25) is 0 Å². The highest BCUT2D eigenvalue weighted by Gasteiger charge is 2.03. The molecule has 0 heterocycles. The molecule has 0 N–H and O–H groups in total. The topological polar surface area (TPSA) is 17.1 Å². The van der Waals surface area contributed by atoms with Crippen LogP contribution in [0.3, 0.4) is 0 Å². The fraction of sp³-hybridized carbons (Fsp3) is 0.750. The lowest BCUT2D eigenvalue weighted by Gasteiger charge is -2.09. The lowest BCUT2D eigenvalue weighted by Crippen LogP contribution is -1.98. The minimum absolute atomic E-state index is 0.596. The molecular formula is C12H22O. The van der Waals surface area contributed by atoms with Gasteiger partial charge in [0.25, 0.3) is 0 Å². The van der Waals surface area contributed by atoms with Crippen LogP contribution in [-0.4, -0.2) is 6.29 Å². The number of carbonyl (C=O) groups is 1. The Kier molecular flexibility index (Phi) is 7.66. The maximum absolute atomic E-state index is 10.3. The Labute approximate surface area is 82.2 Å². The van der Waals surface area contributed by atoms with Crippen LogP contribution in [0, 0.1) is 5.92 Å². The first-order valence-electron chi connectivity index (χ1n) is 5.33. The van der Waals surface area contributed by atoms with Crippen LogP contribution >= 0.6 is 0 Å². The monoisotopic (exact) mass is 182 g/mol. The summed E-state index contributed by atoms with van der Waals surface area (Å²) < 4.78 is 0. The van der Waals surface area contributed by atoms with Crippen LogP contribution in [0.5, 0.6) is 0 Å². The van der Waals surface area contributed by atoms with Crippen molar-refractivity contribution in [1.29, 1.82) is 0 Å². The Morgan fingerprint density at radius 2 is 2.08 bits per heavy atom. The molecule has 0 aliphatic carbocycles. The average Bonchev–Trinajstić information content (AvgIpc) is 2.16. The second-order valence-corrected chi connectivity index (χ2v) is 3.66. The molecule has 0 rings (SSSR count). The molecule has 0 aromatic carbocycles. The van der Waals surface area contributed by atoms with Crippen molar-refractivity contribution >= 4 is 6.29 Å². The summed E-state index contributed by atoms with van der Waals surface area (Å²) in [6.45, 7) is 6.50. The quantitative estimate of drug-likeness (QED) is 0.433. The van der Waals surface area contributed by atoms with E-state index in [1.807, 2.05) is 0 Å². The molecule has 1 heteroatoms. The standard InChI is InChI=1S/C12H22O/c1-4-11(3)7-6-8-12(5-2)9-10-13/h7,10,12H,4-6,8-9H2,1-3H3. The van der Waals surface area contributed by atoms with E-state index in [-0.39, 0.29) is 0 Å². The Bertz CT molecular complexity index is 159. The average molecular weight is 182 g/mol. The van der Waals surface area contributed by atoms with Crippen molar-refractivity contribution in [2.75, 3.05) is 0 Å². The molecule has 1 unspecified atom stereocenters. The van der Waals surface area contributed by atoms with E-state index in [0.717, 1.165) is 38.4 Å². The highest BCUT2D eigenvalue weighted by molar-refractivity contribution is 5.49. The molecular weight excluding hydrogens is 160 g/mol. The van der Waals surface area contributed by atoms with Crippen molar-refractivity contribution in [1.82, 2.24) is 0 Å². The second kappa shape index (κ2) is 8.03. The van der Waals surface area contributed by atoms with Crippen LogP contribution in [0.25, 0.3) is 0 Å². The summed E-state index contributed by atoms with van der Waals surface area (Å²) in [6.07, 6.45) is 8.63. The van der Waals surface area contributed by atoms with Gasteiger partial charge in [0.05, 0.1) is 0 Å². The van der Waals surface area contributed by atoms with Crippen molar-refractivity contribution in [3.63, 3.8) is 0 Å². The Morgan fingerprint density at radius 3 is 2.54 bits per heavy atom. The van der Waals surface area contributed by atoms with Crippen LogP contribution < -0.4 is 0 Å². The van der Waals surface area contributed by atoms with Gasteiger partial charge in [-0.05, 0) is 32.1 Å². The van der Waals surface area contributed by atoms with Crippen LogP contribution in [-0.2, 0) is 4.79 Å². The molecule has 0 fully saturated rings. The van der Waals surface area contributed by atoms with Crippen molar-refractivity contribution in [2.24, 2.45) is 5.92 Å². The minimum atomic E-state index is 0.596. The maximum atomic E-state index is 10.3. The molecule has 1 nitrogen and oxygen atoms in total. The molecule has 0 saturated carbocycles. The third-order valence-electron chi connectivity index (χ3n) is 2.63. The van der Waals surface area contributed by atoms with Gasteiger partial charge in [-0.3, -0.25) is 0 Å². The Balaban J connectivity index is 3.65. The smallest absolute Gasteiger partial charge is 0.120 e. The molecule has 0 saturated heterocycles. The first kappa shape index (κ1) is 12.4. The third-order valence-corrected chi connectivity index (χ3v) is 2.63. The molecule has 1 atom stereocenters. The molecule has 76 valence electrons. The van der Waals surface area contributed by atoms with Gasteiger partial charge in [-0.25, -0.2) is 0 Å². The zero-order chi connectivity index (χ0) is 10.1. The van der Waals surface area contributed by atoms with Crippen molar-refractivity contribution < 1.29 is 4.79 Å². The summed E-state index contributed by atoms with van der Waals surface area (Å²) in [5.41, 5.74) is 1.46. The van der Waals surface area contributed by atoms with Crippen molar-refractivity contribution in [3.8, 4) is 0 Å². The summed E-state index contributed by atoms with van der Waals surface area (Å²) in [6, 6.07) is 0. The molecule has 0 aromatic heterocycles. The van der Waals surface area contributed by atoms with Gasteiger partial charge in [-0.15, -0.1) is 0 Å². The van der Waals surface area contributed by atoms with Crippen LogP contribution in [0.4, 0.5) is 0 Å². The highest BCUT2D eigenvalue weighted by Crippen LogP contribution is 2.15. The zero-order valence-electron chi connectivity index (χ0n) is 9.18. The number of aldehydes is 1. The summed E-state index contributed by atoms with van der Waals surface area (Å²) in [5, 5.41) is 0. The van der Waals surface area contributed by atoms with Crippen LogP contribution in [0.1, 0.15) is 52.9 Å². The van der Waals surface area contributed by atoms with Crippen molar-refractivity contribution in [2.45, 2.75) is 52.9 Å². The fourth-order valence-corrected chi connectivity index (χ4v) is 1.33. The molecule has 0 spiro atoms. The molecule has 0 radical (unpaired) electrons. The number of allylic oxidation sites excluding steroid dienone is 2. The summed E-state index contributed by atoms with van der Waals surface area (Å²) in [4.78, 5) is 10.3. The molecule has 0 aromatic rings. The maximum Gasteiger partial charge on any atom is 0.120 e. The molecule has 0 amide bonds. The summed E-state index contributed by atoms with van der Waals surface area (Å²) in [7, 11) is 0. The number of rotatable bonds is 7. The Hall–Kier alpha value is -0.590. The number of hydrogen-bond donors (Lipinski definition) is 0. The molecule has 0 aliphatic heterocycles. The minimum Gasteiger partial charge on any atom is -0.303 e. The molecule has 0 aliphatic rings. The summed E-state index contributed by atoms with van der Waals surface area (Å²) >= 11 is 0. The van der Waals surface area contributed by atoms with Crippen molar-refractivity contribution in [3.05, 3.63) is 11.6 Å². The van der Waals surface area contributed by atoms with E-state index in [4.69, 9.17) is 0 Å². The second-order valence-electron chi connectivity index (χ2n) is 3.66. The normalized spacial score (nSPS) is 14.2. The van der Waals surface area contributed by atoms with E-state index in [0.29, 0.717) is 5.92 Å². The first-order chi connectivity index (χ1) is 6.24. The largest absolute Gasteiger partial charge is 0.303 e. The van der Waals surface area contributed by atoms with Gasteiger partial charge in [0.1, 0.15) is 6.29 Å².